The summed E-state index contributed by atoms with van der Waals surface area (Å²) in [6, 6.07) is 12.1. The Kier molecular flexibility index (Phi) is 8.26. The first kappa shape index (κ1) is 22.9. The Morgan fingerprint density at radius 2 is 1.69 bits per heavy atom. The van der Waals surface area contributed by atoms with Gasteiger partial charge in [-0.15, -0.1) is 0 Å². The Morgan fingerprint density at radius 3 is 2.24 bits per heavy atom. The summed E-state index contributed by atoms with van der Waals surface area (Å²) < 4.78 is 61.2. The fourth-order valence-electron chi connectivity index (χ4n) is 2.39. The molecule has 0 aliphatic rings. The van der Waals surface area contributed by atoms with Crippen molar-refractivity contribution in [1.29, 1.82) is 0 Å². The van der Waals surface area contributed by atoms with Gasteiger partial charge in [0.1, 0.15) is 5.75 Å². The lowest BCUT2D eigenvalue weighted by Crippen LogP contribution is -2.11. The molecule has 0 radical (unpaired) electrons. The number of allylic oxidation sites excluding steroid dienone is 2. The van der Waals surface area contributed by atoms with E-state index in [-0.39, 0.29) is 13.2 Å². The lowest BCUT2D eigenvalue weighted by atomic mass is 10.1. The van der Waals surface area contributed by atoms with Gasteiger partial charge in [-0.05, 0) is 42.3 Å². The predicted molar refractivity (Wildman–Crippen MR) is 109 cm³/mol. The van der Waals surface area contributed by atoms with E-state index in [4.69, 9.17) is 9.26 Å². The van der Waals surface area contributed by atoms with Crippen molar-refractivity contribution in [2.24, 2.45) is 0 Å². The molecule has 2 rings (SSSR count). The third-order valence-electron chi connectivity index (χ3n) is 3.90. The lowest BCUT2D eigenvalue weighted by molar-refractivity contribution is -0.137. The number of alkyl halides is 3. The molecule has 156 valence electrons. The summed E-state index contributed by atoms with van der Waals surface area (Å²) in [5.74, 6) is 2.19. The highest BCUT2D eigenvalue weighted by Gasteiger charge is 2.30. The van der Waals surface area contributed by atoms with Crippen molar-refractivity contribution in [2.75, 3.05) is 13.7 Å². The Balaban J connectivity index is 1.99. The quantitative estimate of drug-likeness (QED) is 0.381. The third-order valence-corrected chi connectivity index (χ3v) is 5.71. The van der Waals surface area contributed by atoms with Crippen LogP contribution in [0.1, 0.15) is 23.6 Å². The second-order valence-electron chi connectivity index (χ2n) is 6.02. The molecule has 0 saturated heterocycles. The number of hydrogen-bond donors (Lipinski definition) is 1. The summed E-state index contributed by atoms with van der Waals surface area (Å²) in [6.45, 7) is 2.05. The summed E-state index contributed by atoms with van der Waals surface area (Å²) in [4.78, 5) is 0. The van der Waals surface area contributed by atoms with E-state index in [0.717, 1.165) is 23.4 Å². The number of benzene rings is 2. The molecule has 0 aromatic heterocycles. The van der Waals surface area contributed by atoms with Gasteiger partial charge in [-0.3, -0.25) is 4.57 Å². The Labute approximate surface area is 168 Å². The van der Waals surface area contributed by atoms with E-state index in [1.165, 1.54) is 17.9 Å². The molecule has 2 aromatic carbocycles. The van der Waals surface area contributed by atoms with Crippen LogP contribution in [0.3, 0.4) is 0 Å². The molecule has 0 saturated carbocycles. The maximum Gasteiger partial charge on any atom is 0.416 e. The van der Waals surface area contributed by atoms with E-state index < -0.39 is 19.3 Å². The monoisotopic (exact) mass is 425 g/mol. The van der Waals surface area contributed by atoms with Crippen LogP contribution in [-0.4, -0.2) is 13.7 Å². The Hall–Kier alpha value is -2.34. The summed E-state index contributed by atoms with van der Waals surface area (Å²) in [7, 11) is -1.69. The van der Waals surface area contributed by atoms with Crippen molar-refractivity contribution in [3.8, 4) is 5.75 Å². The van der Waals surface area contributed by atoms with Crippen molar-refractivity contribution in [3.05, 3.63) is 83.2 Å². The maximum absolute atomic E-state index is 12.9. The average molecular weight is 425 g/mol. The predicted octanol–water partition coefficient (Wildman–Crippen LogP) is 6.26. The van der Waals surface area contributed by atoms with Crippen LogP contribution in [0.15, 0.2) is 66.5 Å². The topological polar surface area (TPSA) is 47.6 Å². The number of hydrogen-bond acceptors (Lipinski definition) is 3. The van der Waals surface area contributed by atoms with E-state index in [9.17, 15) is 17.7 Å². The highest BCUT2D eigenvalue weighted by atomic mass is 31.2. The first-order valence-electron chi connectivity index (χ1n) is 8.91. The molecule has 29 heavy (non-hydrogen) atoms. The fourth-order valence-corrected chi connectivity index (χ4v) is 3.79. The fraction of sp³-hybridized carbons (Fsp3) is 0.238. The van der Waals surface area contributed by atoms with Crippen LogP contribution in [0.4, 0.5) is 13.2 Å². The molecule has 0 spiro atoms. The highest BCUT2D eigenvalue weighted by Crippen LogP contribution is 2.44. The molecule has 0 aliphatic carbocycles. The number of nitrogens with one attached hydrogen (secondary N) is 1. The van der Waals surface area contributed by atoms with Gasteiger partial charge in [0.2, 0.25) is 0 Å². The van der Waals surface area contributed by atoms with Crippen molar-refractivity contribution in [1.82, 2.24) is 5.09 Å². The summed E-state index contributed by atoms with van der Waals surface area (Å²) in [6.07, 6.45) is 0.793. The molecule has 0 fully saturated rings. The minimum absolute atomic E-state index is 0.113. The molecule has 0 aliphatic heterocycles. The SMILES string of the molecule is CCOP(=O)(/C=C/C=C/c1ccc(OC)cc1)NCc1ccc(C(F)(F)F)cc1. The second kappa shape index (κ2) is 10.4. The smallest absolute Gasteiger partial charge is 0.416 e. The maximum atomic E-state index is 12.9. The standard InChI is InChI=1S/C21H23F3NO3P/c1-3-28-29(26,15-5-4-6-17-9-13-20(27-2)14-10-17)25-16-18-7-11-19(12-8-18)21(22,23)24/h4-15H,3,16H2,1-2H3,(H,25,26)/b6-4+,15-5+. The van der Waals surface area contributed by atoms with Crippen molar-refractivity contribution in [3.63, 3.8) is 0 Å². The van der Waals surface area contributed by atoms with Gasteiger partial charge in [-0.1, -0.05) is 42.5 Å². The molecule has 0 amide bonds. The molecule has 4 nitrogen and oxygen atoms in total. The van der Waals surface area contributed by atoms with E-state index >= 15 is 0 Å². The first-order chi connectivity index (χ1) is 13.8. The summed E-state index contributed by atoms with van der Waals surface area (Å²) >= 11 is 0. The van der Waals surface area contributed by atoms with Crippen molar-refractivity contribution in [2.45, 2.75) is 19.6 Å². The average Bonchev–Trinajstić information content (AvgIpc) is 2.70. The zero-order chi connectivity index (χ0) is 21.3. The lowest BCUT2D eigenvalue weighted by Gasteiger charge is -2.15. The summed E-state index contributed by atoms with van der Waals surface area (Å²) in [5, 5.41) is 2.80. The van der Waals surface area contributed by atoms with Gasteiger partial charge in [-0.2, -0.15) is 13.2 Å². The molecule has 0 heterocycles. The molecular weight excluding hydrogens is 402 g/mol. The molecule has 8 heteroatoms. The van der Waals surface area contributed by atoms with Gasteiger partial charge < -0.3 is 9.26 Å². The summed E-state index contributed by atoms with van der Waals surface area (Å²) in [5.41, 5.74) is 0.789. The Morgan fingerprint density at radius 1 is 1.03 bits per heavy atom. The molecular formula is C21H23F3NO3P. The van der Waals surface area contributed by atoms with Gasteiger partial charge in [0, 0.05) is 12.4 Å². The van der Waals surface area contributed by atoms with Gasteiger partial charge >= 0.3 is 6.18 Å². The van der Waals surface area contributed by atoms with E-state index in [1.54, 1.807) is 26.2 Å². The van der Waals surface area contributed by atoms with Crippen LogP contribution >= 0.6 is 7.52 Å². The normalized spacial score (nSPS) is 14.4. The molecule has 0 bridgehead atoms. The number of ether oxygens (including phenoxy) is 1. The molecule has 2 aromatic rings. The van der Waals surface area contributed by atoms with Crippen LogP contribution in [0, 0.1) is 0 Å². The van der Waals surface area contributed by atoms with Gasteiger partial charge in [-0.25, -0.2) is 5.09 Å². The number of rotatable bonds is 9. The zero-order valence-corrected chi connectivity index (χ0v) is 17.0. The van der Waals surface area contributed by atoms with Crippen LogP contribution in [0.5, 0.6) is 5.75 Å². The minimum Gasteiger partial charge on any atom is -0.497 e. The van der Waals surface area contributed by atoms with Gasteiger partial charge in [0.15, 0.2) is 0 Å². The van der Waals surface area contributed by atoms with Crippen LogP contribution in [0.25, 0.3) is 6.08 Å². The first-order valence-corrected chi connectivity index (χ1v) is 10.6. The van der Waals surface area contributed by atoms with Crippen molar-refractivity contribution >= 4 is 13.6 Å². The minimum atomic E-state index is -4.38. The van der Waals surface area contributed by atoms with Gasteiger partial charge in [0.05, 0.1) is 19.3 Å². The van der Waals surface area contributed by atoms with E-state index in [0.29, 0.717) is 5.56 Å². The Bertz CT molecular complexity index is 876. The van der Waals surface area contributed by atoms with Crippen molar-refractivity contribution < 1.29 is 27.0 Å². The molecule has 1 unspecified atom stereocenters. The van der Waals surface area contributed by atoms with E-state index in [1.807, 2.05) is 30.3 Å². The number of halogens is 3. The van der Waals surface area contributed by atoms with Gasteiger partial charge in [0.25, 0.3) is 7.52 Å². The zero-order valence-electron chi connectivity index (χ0n) is 16.1. The molecule has 1 N–H and O–H groups in total. The highest BCUT2D eigenvalue weighted by molar-refractivity contribution is 7.60. The third kappa shape index (κ3) is 7.54. The van der Waals surface area contributed by atoms with Crippen LogP contribution in [0.2, 0.25) is 0 Å². The molecule has 1 atom stereocenters. The second-order valence-corrected chi connectivity index (χ2v) is 8.08. The largest absolute Gasteiger partial charge is 0.497 e. The van der Waals surface area contributed by atoms with E-state index in [2.05, 4.69) is 5.09 Å². The number of methoxy groups -OCH3 is 1. The van der Waals surface area contributed by atoms with Crippen LogP contribution < -0.4 is 9.82 Å². The van der Waals surface area contributed by atoms with Crippen LogP contribution in [-0.2, 0) is 21.8 Å².